The van der Waals surface area contributed by atoms with Crippen LogP contribution >= 0.6 is 0 Å². The van der Waals surface area contributed by atoms with E-state index in [0.29, 0.717) is 12.1 Å². The minimum absolute atomic E-state index is 0.682. The fourth-order valence-electron chi connectivity index (χ4n) is 2.80. The Balaban J connectivity index is 1.81. The zero-order chi connectivity index (χ0) is 11.0. The van der Waals surface area contributed by atoms with Crippen LogP contribution in [0, 0.1) is 0 Å². The number of fused-ring (bicyclic) bond motifs is 2. The van der Waals surface area contributed by atoms with Crippen molar-refractivity contribution in [2.24, 2.45) is 0 Å². The summed E-state index contributed by atoms with van der Waals surface area (Å²) in [5.74, 6) is 0.982. The second kappa shape index (κ2) is 3.98. The van der Waals surface area contributed by atoms with E-state index in [1.54, 1.807) is 0 Å². The fraction of sp³-hybridized carbons (Fsp3) is 0.538. The van der Waals surface area contributed by atoms with Crippen molar-refractivity contribution in [1.82, 2.24) is 5.32 Å². The van der Waals surface area contributed by atoms with Crippen molar-refractivity contribution in [2.75, 3.05) is 24.6 Å². The van der Waals surface area contributed by atoms with E-state index < -0.39 is 0 Å². The maximum Gasteiger partial charge on any atom is 0.121 e. The third-order valence-electron chi connectivity index (χ3n) is 3.52. The fourth-order valence-corrected chi connectivity index (χ4v) is 2.80. The van der Waals surface area contributed by atoms with E-state index in [4.69, 9.17) is 4.74 Å². The lowest BCUT2D eigenvalue weighted by atomic mass is 10.2. The van der Waals surface area contributed by atoms with E-state index in [1.165, 1.54) is 12.1 Å². The van der Waals surface area contributed by atoms with Gasteiger partial charge in [0.25, 0.3) is 0 Å². The topological polar surface area (TPSA) is 24.5 Å². The first-order valence-electron chi connectivity index (χ1n) is 6.09. The van der Waals surface area contributed by atoms with Crippen LogP contribution in [0.3, 0.4) is 0 Å². The van der Waals surface area contributed by atoms with Crippen LogP contribution in [0.5, 0.6) is 5.75 Å². The highest BCUT2D eigenvalue weighted by molar-refractivity contribution is 5.53. The monoisotopic (exact) mass is 218 g/mol. The maximum absolute atomic E-state index is 5.54. The second-order valence-electron chi connectivity index (χ2n) is 4.58. The van der Waals surface area contributed by atoms with E-state index in [2.05, 4.69) is 28.4 Å². The molecule has 2 saturated heterocycles. The Hall–Kier alpha value is -1.22. The molecule has 1 aromatic rings. The van der Waals surface area contributed by atoms with Gasteiger partial charge in [0, 0.05) is 36.9 Å². The van der Waals surface area contributed by atoms with Gasteiger partial charge in [0.05, 0.1) is 6.61 Å². The number of hydrogen-bond acceptors (Lipinski definition) is 3. The van der Waals surface area contributed by atoms with Crippen molar-refractivity contribution in [2.45, 2.75) is 25.4 Å². The third-order valence-corrected chi connectivity index (χ3v) is 3.52. The molecule has 2 aliphatic heterocycles. The molecule has 0 spiro atoms. The Morgan fingerprint density at radius 1 is 1.50 bits per heavy atom. The van der Waals surface area contributed by atoms with Crippen LogP contribution < -0.4 is 15.0 Å². The normalized spacial score (nSPS) is 27.4. The average molecular weight is 218 g/mol. The van der Waals surface area contributed by atoms with Crippen LogP contribution in [0.4, 0.5) is 5.69 Å². The highest BCUT2D eigenvalue weighted by atomic mass is 16.5. The molecule has 2 unspecified atom stereocenters. The number of benzene rings is 1. The summed E-state index contributed by atoms with van der Waals surface area (Å²) in [6.45, 7) is 5.02. The van der Waals surface area contributed by atoms with Gasteiger partial charge < -0.3 is 15.0 Å². The molecule has 3 heteroatoms. The van der Waals surface area contributed by atoms with E-state index >= 15 is 0 Å². The number of anilines is 1. The smallest absolute Gasteiger partial charge is 0.121 e. The maximum atomic E-state index is 5.54. The molecule has 86 valence electrons. The lowest BCUT2D eigenvalue weighted by Gasteiger charge is -2.29. The largest absolute Gasteiger partial charge is 0.494 e. The van der Waals surface area contributed by atoms with Crippen LogP contribution in [-0.4, -0.2) is 31.8 Å². The predicted molar refractivity (Wildman–Crippen MR) is 65.2 cm³/mol. The summed E-state index contributed by atoms with van der Waals surface area (Å²) in [7, 11) is 0. The lowest BCUT2D eigenvalue weighted by Crippen LogP contribution is -2.43. The van der Waals surface area contributed by atoms with Gasteiger partial charge in [-0.1, -0.05) is 6.07 Å². The van der Waals surface area contributed by atoms with Crippen molar-refractivity contribution in [3.05, 3.63) is 24.3 Å². The second-order valence-corrected chi connectivity index (χ2v) is 4.58. The lowest BCUT2D eigenvalue weighted by molar-refractivity contribution is 0.340. The van der Waals surface area contributed by atoms with E-state index in [1.807, 2.05) is 13.0 Å². The molecule has 0 radical (unpaired) electrons. The van der Waals surface area contributed by atoms with Gasteiger partial charge in [-0.25, -0.2) is 0 Å². The number of hydrogen-bond donors (Lipinski definition) is 1. The van der Waals surface area contributed by atoms with Gasteiger partial charge in [0.2, 0.25) is 0 Å². The van der Waals surface area contributed by atoms with Crippen LogP contribution in [0.15, 0.2) is 24.3 Å². The first-order chi connectivity index (χ1) is 7.86. The summed E-state index contributed by atoms with van der Waals surface area (Å²) in [6.07, 6.45) is 1.29. The predicted octanol–water partition coefficient (Wildman–Crippen LogP) is 1.64. The quantitative estimate of drug-likeness (QED) is 0.834. The van der Waals surface area contributed by atoms with Gasteiger partial charge in [0.15, 0.2) is 0 Å². The molecule has 2 atom stereocenters. The summed E-state index contributed by atoms with van der Waals surface area (Å²) in [4.78, 5) is 2.50. The third kappa shape index (κ3) is 1.65. The Labute approximate surface area is 96.4 Å². The van der Waals surface area contributed by atoms with Crippen molar-refractivity contribution < 1.29 is 4.74 Å². The molecule has 2 heterocycles. The van der Waals surface area contributed by atoms with E-state index in [0.717, 1.165) is 25.4 Å². The molecule has 0 aromatic heterocycles. The molecule has 0 aliphatic carbocycles. The molecule has 0 amide bonds. The molecule has 2 aliphatic rings. The number of ether oxygens (including phenoxy) is 1. The van der Waals surface area contributed by atoms with Gasteiger partial charge in [-0.05, 0) is 25.5 Å². The van der Waals surface area contributed by atoms with Gasteiger partial charge in [0.1, 0.15) is 5.75 Å². The zero-order valence-corrected chi connectivity index (χ0v) is 9.65. The Kier molecular flexibility index (Phi) is 2.48. The highest BCUT2D eigenvalue weighted by Gasteiger charge is 2.37. The van der Waals surface area contributed by atoms with Crippen LogP contribution in [0.2, 0.25) is 0 Å². The molecular weight excluding hydrogens is 200 g/mol. The van der Waals surface area contributed by atoms with E-state index in [9.17, 15) is 0 Å². The SMILES string of the molecule is CCOc1cccc(N2CC3CC2CN3)c1. The number of rotatable bonds is 3. The molecule has 1 aromatic carbocycles. The first kappa shape index (κ1) is 9.97. The summed E-state index contributed by atoms with van der Waals surface area (Å²) < 4.78 is 5.54. The van der Waals surface area contributed by atoms with Crippen molar-refractivity contribution in [1.29, 1.82) is 0 Å². The Bertz CT molecular complexity index is 380. The minimum atomic E-state index is 0.682. The number of nitrogens with one attached hydrogen (secondary N) is 1. The zero-order valence-electron chi connectivity index (χ0n) is 9.65. The van der Waals surface area contributed by atoms with Crippen LogP contribution in [0.1, 0.15) is 13.3 Å². The van der Waals surface area contributed by atoms with Crippen LogP contribution in [-0.2, 0) is 0 Å². The Morgan fingerprint density at radius 3 is 3.12 bits per heavy atom. The van der Waals surface area contributed by atoms with Crippen molar-refractivity contribution in [3.63, 3.8) is 0 Å². The summed E-state index contributed by atoms with van der Waals surface area (Å²) in [5, 5.41) is 3.52. The Morgan fingerprint density at radius 2 is 2.44 bits per heavy atom. The van der Waals surface area contributed by atoms with Gasteiger partial charge in [-0.15, -0.1) is 0 Å². The van der Waals surface area contributed by atoms with Gasteiger partial charge in [-0.2, -0.15) is 0 Å². The first-order valence-corrected chi connectivity index (χ1v) is 6.09. The van der Waals surface area contributed by atoms with E-state index in [-0.39, 0.29) is 0 Å². The standard InChI is InChI=1S/C13H18N2O/c1-2-16-13-5-3-4-11(7-13)15-9-10-6-12(15)8-14-10/h3-5,7,10,12,14H,2,6,8-9H2,1H3. The molecule has 0 saturated carbocycles. The summed E-state index contributed by atoms with van der Waals surface area (Å²) in [5.41, 5.74) is 1.31. The molecular formula is C13H18N2O. The van der Waals surface area contributed by atoms with Crippen molar-refractivity contribution in [3.8, 4) is 5.75 Å². The van der Waals surface area contributed by atoms with Gasteiger partial charge in [-0.3, -0.25) is 0 Å². The van der Waals surface area contributed by atoms with Crippen molar-refractivity contribution >= 4 is 5.69 Å². The minimum Gasteiger partial charge on any atom is -0.494 e. The molecule has 2 fully saturated rings. The number of piperazine rings is 1. The number of nitrogens with zero attached hydrogens (tertiary/aromatic N) is 1. The summed E-state index contributed by atoms with van der Waals surface area (Å²) >= 11 is 0. The summed E-state index contributed by atoms with van der Waals surface area (Å²) in [6, 6.07) is 9.83. The molecule has 2 bridgehead atoms. The van der Waals surface area contributed by atoms with Crippen LogP contribution in [0.25, 0.3) is 0 Å². The van der Waals surface area contributed by atoms with Gasteiger partial charge >= 0.3 is 0 Å². The molecule has 3 rings (SSSR count). The average Bonchev–Trinajstić information content (AvgIpc) is 2.91. The molecule has 16 heavy (non-hydrogen) atoms. The highest BCUT2D eigenvalue weighted by Crippen LogP contribution is 2.31. The molecule has 3 nitrogen and oxygen atoms in total. The molecule has 1 N–H and O–H groups in total.